The fraction of sp³-hybridized carbons (Fsp3) is 0.471. The van der Waals surface area contributed by atoms with Crippen molar-refractivity contribution in [2.24, 2.45) is 0 Å². The fourth-order valence-corrected chi connectivity index (χ4v) is 2.89. The number of phenolic OH excluding ortho intramolecular Hbond substituents is 2. The molecule has 0 aliphatic heterocycles. The first kappa shape index (κ1) is 17.6. The van der Waals surface area contributed by atoms with Gasteiger partial charge in [-0.3, -0.25) is 4.79 Å². The molecule has 0 bridgehead atoms. The van der Waals surface area contributed by atoms with Crippen LogP contribution in [0.5, 0.6) is 11.5 Å². The lowest BCUT2D eigenvalue weighted by Crippen LogP contribution is -2.51. The highest BCUT2D eigenvalue weighted by molar-refractivity contribution is 5.94. The van der Waals surface area contributed by atoms with Crippen LogP contribution in [-0.2, 0) is 9.53 Å². The molecule has 128 valence electrons. The molecule has 0 unspecified atom stereocenters. The van der Waals surface area contributed by atoms with Crippen LogP contribution in [0.3, 0.4) is 0 Å². The summed E-state index contributed by atoms with van der Waals surface area (Å²) in [5.74, 6) is -1.95. The predicted octanol–water partition coefficient (Wildman–Crippen LogP) is 1.94. The highest BCUT2D eigenvalue weighted by atomic mass is 16.5. The number of aromatic hydroxyl groups is 2. The maximum Gasteiger partial charge on any atom is 0.342 e. The summed E-state index contributed by atoms with van der Waals surface area (Å²) in [4.78, 5) is 25.6. The molecule has 0 atom stereocenters. The second kappa shape index (κ2) is 7.21. The largest absolute Gasteiger partial charge is 0.508 e. The highest BCUT2D eigenvalue weighted by Crippen LogP contribution is 2.32. The zero-order valence-corrected chi connectivity index (χ0v) is 13.5. The first-order chi connectivity index (χ1) is 11.4. The van der Waals surface area contributed by atoms with E-state index >= 15 is 0 Å². The monoisotopic (exact) mass is 332 g/mol. The minimum atomic E-state index is -0.871. The van der Waals surface area contributed by atoms with E-state index < -0.39 is 29.8 Å². The van der Waals surface area contributed by atoms with E-state index in [2.05, 4.69) is 6.07 Å². The maximum atomic E-state index is 12.3. The van der Waals surface area contributed by atoms with E-state index in [4.69, 9.17) is 4.74 Å². The van der Waals surface area contributed by atoms with Gasteiger partial charge in [0.1, 0.15) is 22.6 Å². The summed E-state index contributed by atoms with van der Waals surface area (Å²) in [5, 5.41) is 28.3. The Balaban J connectivity index is 1.99. The van der Waals surface area contributed by atoms with Crippen molar-refractivity contribution in [2.45, 2.75) is 37.6 Å². The second-order valence-corrected chi connectivity index (χ2v) is 5.93. The van der Waals surface area contributed by atoms with Crippen LogP contribution in [0.2, 0.25) is 0 Å². The van der Waals surface area contributed by atoms with Gasteiger partial charge in [-0.1, -0.05) is 19.3 Å². The van der Waals surface area contributed by atoms with Gasteiger partial charge in [-0.15, -0.1) is 0 Å². The van der Waals surface area contributed by atoms with Gasteiger partial charge in [0.2, 0.25) is 0 Å². The Morgan fingerprint density at radius 3 is 2.54 bits per heavy atom. The molecule has 0 saturated heterocycles. The van der Waals surface area contributed by atoms with Crippen molar-refractivity contribution >= 4 is 11.9 Å². The van der Waals surface area contributed by atoms with Crippen LogP contribution in [0.4, 0.5) is 0 Å². The summed E-state index contributed by atoms with van der Waals surface area (Å²) in [6.45, 7) is -0.515. The number of phenols is 2. The van der Waals surface area contributed by atoms with Crippen molar-refractivity contribution < 1.29 is 24.5 Å². The standard InChI is InChI=1S/C17H20N2O5/c1-19(17(11-18)7-3-2-4-8-17)15(22)10-24-16(23)13-6-5-12(20)9-14(13)21/h5-6,9,20-21H,2-4,7-8,10H2,1H3. The molecular formula is C17H20N2O5. The van der Waals surface area contributed by atoms with Gasteiger partial charge < -0.3 is 19.8 Å². The molecule has 2 N–H and O–H groups in total. The Kier molecular flexibility index (Phi) is 5.29. The third kappa shape index (κ3) is 3.59. The van der Waals surface area contributed by atoms with Gasteiger partial charge in [-0.25, -0.2) is 4.79 Å². The molecule has 0 radical (unpaired) electrons. The Morgan fingerprint density at radius 1 is 1.29 bits per heavy atom. The average molecular weight is 332 g/mol. The van der Waals surface area contributed by atoms with Crippen molar-refractivity contribution in [3.8, 4) is 17.6 Å². The fourth-order valence-electron chi connectivity index (χ4n) is 2.89. The van der Waals surface area contributed by atoms with Crippen LogP contribution in [-0.4, -0.2) is 46.2 Å². The number of carbonyl (C=O) groups excluding carboxylic acids is 2. The van der Waals surface area contributed by atoms with E-state index in [1.807, 2.05) is 0 Å². The lowest BCUT2D eigenvalue weighted by Gasteiger charge is -2.38. The summed E-state index contributed by atoms with van der Waals surface area (Å²) in [6, 6.07) is 5.68. The Hall–Kier alpha value is -2.75. The first-order valence-corrected chi connectivity index (χ1v) is 7.76. The minimum Gasteiger partial charge on any atom is -0.508 e. The molecule has 1 aliphatic carbocycles. The zero-order valence-electron chi connectivity index (χ0n) is 13.5. The summed E-state index contributed by atoms with van der Waals surface area (Å²) >= 11 is 0. The van der Waals surface area contributed by atoms with Gasteiger partial charge >= 0.3 is 5.97 Å². The van der Waals surface area contributed by atoms with E-state index in [1.165, 1.54) is 17.0 Å². The first-order valence-electron chi connectivity index (χ1n) is 7.76. The van der Waals surface area contributed by atoms with E-state index in [0.717, 1.165) is 25.3 Å². The summed E-state index contributed by atoms with van der Waals surface area (Å²) in [7, 11) is 1.54. The van der Waals surface area contributed by atoms with Crippen molar-refractivity contribution in [3.05, 3.63) is 23.8 Å². The van der Waals surface area contributed by atoms with Crippen LogP contribution in [0, 0.1) is 11.3 Å². The lowest BCUT2D eigenvalue weighted by molar-refractivity contribution is -0.138. The van der Waals surface area contributed by atoms with Gasteiger partial charge in [0.15, 0.2) is 6.61 Å². The molecule has 0 spiro atoms. The molecule has 7 nitrogen and oxygen atoms in total. The third-order valence-corrected chi connectivity index (χ3v) is 4.43. The molecular weight excluding hydrogens is 312 g/mol. The summed E-state index contributed by atoms with van der Waals surface area (Å²) in [5.41, 5.74) is -0.987. The SMILES string of the molecule is CN(C(=O)COC(=O)c1ccc(O)cc1O)C1(C#N)CCCCC1. The molecule has 1 amide bonds. The number of carbonyl (C=O) groups is 2. The van der Waals surface area contributed by atoms with Gasteiger partial charge in [-0.05, 0) is 25.0 Å². The number of rotatable bonds is 4. The molecule has 2 rings (SSSR count). The molecule has 7 heteroatoms. The number of amides is 1. The molecule has 0 heterocycles. The minimum absolute atomic E-state index is 0.143. The lowest BCUT2D eigenvalue weighted by atomic mass is 9.81. The van der Waals surface area contributed by atoms with Gasteiger partial charge in [-0.2, -0.15) is 5.26 Å². The third-order valence-electron chi connectivity index (χ3n) is 4.43. The van der Waals surface area contributed by atoms with Crippen LogP contribution in [0.25, 0.3) is 0 Å². The summed E-state index contributed by atoms with van der Waals surface area (Å²) in [6.07, 6.45) is 4.02. The molecule has 1 fully saturated rings. The van der Waals surface area contributed by atoms with Crippen molar-refractivity contribution in [2.75, 3.05) is 13.7 Å². The number of ether oxygens (including phenoxy) is 1. The van der Waals surface area contributed by atoms with Crippen LogP contribution in [0.1, 0.15) is 42.5 Å². The quantitative estimate of drug-likeness (QED) is 0.815. The number of hydrogen-bond acceptors (Lipinski definition) is 6. The molecule has 1 aromatic carbocycles. The topological polar surface area (TPSA) is 111 Å². The normalized spacial score (nSPS) is 16.0. The number of likely N-dealkylation sites (N-methyl/N-ethyl adjacent to an activating group) is 1. The number of nitrogens with zero attached hydrogens (tertiary/aromatic N) is 2. The van der Waals surface area contributed by atoms with E-state index in [0.29, 0.717) is 12.8 Å². The molecule has 1 saturated carbocycles. The number of esters is 1. The predicted molar refractivity (Wildman–Crippen MR) is 84.3 cm³/mol. The van der Waals surface area contributed by atoms with Gasteiger partial charge in [0, 0.05) is 13.1 Å². The maximum absolute atomic E-state index is 12.3. The summed E-state index contributed by atoms with van der Waals surface area (Å²) < 4.78 is 4.93. The number of nitriles is 1. The van der Waals surface area contributed by atoms with Crippen LogP contribution in [0.15, 0.2) is 18.2 Å². The Labute approximate surface area is 140 Å². The number of benzene rings is 1. The number of hydrogen-bond donors (Lipinski definition) is 2. The second-order valence-electron chi connectivity index (χ2n) is 5.93. The smallest absolute Gasteiger partial charge is 0.342 e. The van der Waals surface area contributed by atoms with Gasteiger partial charge in [0.25, 0.3) is 5.91 Å². The van der Waals surface area contributed by atoms with Gasteiger partial charge in [0.05, 0.1) is 6.07 Å². The van der Waals surface area contributed by atoms with Crippen LogP contribution >= 0.6 is 0 Å². The Bertz CT molecular complexity index is 674. The van der Waals surface area contributed by atoms with E-state index in [-0.39, 0.29) is 11.3 Å². The molecule has 24 heavy (non-hydrogen) atoms. The highest BCUT2D eigenvalue weighted by Gasteiger charge is 2.39. The van der Waals surface area contributed by atoms with Crippen molar-refractivity contribution in [1.82, 2.24) is 4.90 Å². The van der Waals surface area contributed by atoms with E-state index in [1.54, 1.807) is 7.05 Å². The molecule has 1 aliphatic rings. The average Bonchev–Trinajstić information content (AvgIpc) is 2.59. The molecule has 0 aromatic heterocycles. The van der Waals surface area contributed by atoms with Crippen molar-refractivity contribution in [3.63, 3.8) is 0 Å². The molecule has 1 aromatic rings. The van der Waals surface area contributed by atoms with E-state index in [9.17, 15) is 25.1 Å². The zero-order chi connectivity index (χ0) is 17.7. The van der Waals surface area contributed by atoms with Crippen LogP contribution < -0.4 is 0 Å². The Morgan fingerprint density at radius 2 is 1.96 bits per heavy atom. The van der Waals surface area contributed by atoms with Crippen molar-refractivity contribution in [1.29, 1.82) is 5.26 Å².